The summed E-state index contributed by atoms with van der Waals surface area (Å²) in [5, 5.41) is 37.0. The number of halogens is 1. The molecule has 1 heterocycles. The van der Waals surface area contributed by atoms with Crippen LogP contribution >= 0.6 is 11.6 Å². The van der Waals surface area contributed by atoms with Crippen LogP contribution in [0.15, 0.2) is 42.5 Å². The molecule has 0 fully saturated rings. The highest BCUT2D eigenvalue weighted by molar-refractivity contribution is 6.18. The molecule has 0 bridgehead atoms. The molecule has 0 spiro atoms. The van der Waals surface area contributed by atoms with Crippen LogP contribution in [0.4, 0.5) is 0 Å². The molecule has 3 aromatic rings. The van der Waals surface area contributed by atoms with Gasteiger partial charge in [0.1, 0.15) is 42.6 Å². The summed E-state index contributed by atoms with van der Waals surface area (Å²) in [7, 11) is 0. The van der Waals surface area contributed by atoms with Gasteiger partial charge in [0.05, 0.1) is 24.7 Å². The highest BCUT2D eigenvalue weighted by Gasteiger charge is 2.24. The summed E-state index contributed by atoms with van der Waals surface area (Å²) in [4.78, 5) is 0. The number of benzene rings is 2. The van der Waals surface area contributed by atoms with Crippen molar-refractivity contribution in [3.8, 4) is 11.5 Å². The van der Waals surface area contributed by atoms with Gasteiger partial charge >= 0.3 is 0 Å². The van der Waals surface area contributed by atoms with E-state index in [0.29, 0.717) is 11.4 Å². The number of aliphatic hydroxyl groups is 3. The standard InChI is InChI=1S/C26H34ClN3O5/c1-17-11-20(7-10-25(17)35-15-21(32)12-27)26(3,4)19-5-8-23(9-6-19)34-16-22(33)13-30-18(2)24(14-31)28-29-30/h5-11,21-22,31-33H,12-16H2,1-4H3/t21-,22-/m0/s1. The molecule has 0 aliphatic rings. The quantitative estimate of drug-likeness (QED) is 0.326. The van der Waals surface area contributed by atoms with E-state index in [0.717, 1.165) is 28.1 Å². The van der Waals surface area contributed by atoms with Crippen LogP contribution in [0.3, 0.4) is 0 Å². The van der Waals surface area contributed by atoms with Gasteiger partial charge in [-0.1, -0.05) is 43.3 Å². The van der Waals surface area contributed by atoms with Gasteiger partial charge in [0, 0.05) is 5.41 Å². The van der Waals surface area contributed by atoms with E-state index in [1.807, 2.05) is 43.3 Å². The first-order chi connectivity index (χ1) is 16.6. The van der Waals surface area contributed by atoms with E-state index in [-0.39, 0.29) is 37.7 Å². The highest BCUT2D eigenvalue weighted by atomic mass is 35.5. The third-order valence-corrected chi connectivity index (χ3v) is 6.49. The van der Waals surface area contributed by atoms with E-state index >= 15 is 0 Å². The van der Waals surface area contributed by atoms with Crippen molar-refractivity contribution in [3.05, 3.63) is 70.5 Å². The molecule has 0 unspecified atom stereocenters. The summed E-state index contributed by atoms with van der Waals surface area (Å²) in [5.41, 5.74) is 4.20. The van der Waals surface area contributed by atoms with Crippen LogP contribution in [0, 0.1) is 13.8 Å². The van der Waals surface area contributed by atoms with E-state index in [9.17, 15) is 15.3 Å². The minimum Gasteiger partial charge on any atom is -0.491 e. The van der Waals surface area contributed by atoms with Crippen LogP contribution in [0.1, 0.15) is 41.9 Å². The van der Waals surface area contributed by atoms with Crippen molar-refractivity contribution < 1.29 is 24.8 Å². The van der Waals surface area contributed by atoms with Gasteiger partial charge < -0.3 is 24.8 Å². The number of aromatic nitrogens is 3. The topological polar surface area (TPSA) is 110 Å². The lowest BCUT2D eigenvalue weighted by atomic mass is 9.77. The van der Waals surface area contributed by atoms with E-state index in [2.05, 4.69) is 30.2 Å². The Balaban J connectivity index is 1.60. The maximum Gasteiger partial charge on any atom is 0.122 e. The second-order valence-electron chi connectivity index (χ2n) is 9.18. The molecular formula is C26H34ClN3O5. The van der Waals surface area contributed by atoms with Crippen LogP contribution in [0.5, 0.6) is 11.5 Å². The Kier molecular flexibility index (Phi) is 9.13. The summed E-state index contributed by atoms with van der Waals surface area (Å²) in [5.74, 6) is 1.52. The van der Waals surface area contributed by atoms with Gasteiger partial charge in [0.2, 0.25) is 0 Å². The fourth-order valence-electron chi connectivity index (χ4n) is 3.73. The maximum absolute atomic E-state index is 10.3. The molecule has 8 nitrogen and oxygen atoms in total. The Bertz CT molecular complexity index is 1100. The molecule has 0 aliphatic heterocycles. The van der Waals surface area contributed by atoms with Crippen molar-refractivity contribution in [3.63, 3.8) is 0 Å². The number of ether oxygens (including phenoxy) is 2. The number of rotatable bonds is 12. The minimum atomic E-state index is -0.771. The molecule has 2 atom stereocenters. The van der Waals surface area contributed by atoms with Gasteiger partial charge in [-0.05, 0) is 48.7 Å². The number of nitrogens with zero attached hydrogens (tertiary/aromatic N) is 3. The van der Waals surface area contributed by atoms with Gasteiger partial charge in [-0.25, -0.2) is 4.68 Å². The summed E-state index contributed by atoms with van der Waals surface area (Å²) in [6.07, 6.45) is -1.47. The third-order valence-electron chi connectivity index (χ3n) is 6.14. The zero-order valence-corrected chi connectivity index (χ0v) is 21.4. The van der Waals surface area contributed by atoms with Crippen LogP contribution in [0.2, 0.25) is 0 Å². The Labute approximate surface area is 211 Å². The fourth-order valence-corrected chi connectivity index (χ4v) is 3.81. The SMILES string of the molecule is Cc1cc(C(C)(C)c2ccc(OC[C@@H](O)Cn3nnc(CO)c3C)cc2)ccc1OC[C@@H](O)CCl. The average Bonchev–Trinajstić information content (AvgIpc) is 3.20. The fraction of sp³-hybridized carbons (Fsp3) is 0.462. The largest absolute Gasteiger partial charge is 0.491 e. The van der Waals surface area contributed by atoms with Crippen molar-refractivity contribution in [2.45, 2.75) is 58.5 Å². The van der Waals surface area contributed by atoms with Crippen LogP contribution in [-0.2, 0) is 18.6 Å². The molecule has 0 aliphatic carbocycles. The third kappa shape index (κ3) is 6.73. The molecular weight excluding hydrogens is 470 g/mol. The summed E-state index contributed by atoms with van der Waals surface area (Å²) in [6, 6.07) is 13.9. The summed E-state index contributed by atoms with van der Waals surface area (Å²) >= 11 is 5.64. The van der Waals surface area contributed by atoms with Crippen molar-refractivity contribution in [1.82, 2.24) is 15.0 Å². The number of hydrogen-bond acceptors (Lipinski definition) is 7. The summed E-state index contributed by atoms with van der Waals surface area (Å²) in [6.45, 7) is 8.40. The molecule has 1 aromatic heterocycles. The van der Waals surface area contributed by atoms with Crippen LogP contribution in [-0.4, -0.2) is 61.6 Å². The van der Waals surface area contributed by atoms with Gasteiger partial charge in [-0.3, -0.25) is 0 Å². The highest BCUT2D eigenvalue weighted by Crippen LogP contribution is 2.34. The molecule has 2 aromatic carbocycles. The lowest BCUT2D eigenvalue weighted by Gasteiger charge is -2.27. The molecule has 3 N–H and O–H groups in total. The number of hydrogen-bond donors (Lipinski definition) is 3. The lowest BCUT2D eigenvalue weighted by Crippen LogP contribution is -2.25. The Morgan fingerprint density at radius 2 is 1.63 bits per heavy atom. The van der Waals surface area contributed by atoms with E-state index in [1.165, 1.54) is 0 Å². The predicted octanol–water partition coefficient (Wildman–Crippen LogP) is 3.13. The first-order valence-electron chi connectivity index (χ1n) is 11.5. The second-order valence-corrected chi connectivity index (χ2v) is 9.48. The number of aliphatic hydroxyl groups excluding tert-OH is 3. The zero-order valence-electron chi connectivity index (χ0n) is 20.6. The molecule has 35 heavy (non-hydrogen) atoms. The number of alkyl halides is 1. The average molecular weight is 504 g/mol. The van der Waals surface area contributed by atoms with Crippen LogP contribution in [0.25, 0.3) is 0 Å². The van der Waals surface area contributed by atoms with E-state index < -0.39 is 12.2 Å². The molecule has 3 rings (SSSR count). The zero-order chi connectivity index (χ0) is 25.6. The molecule has 0 saturated heterocycles. The Morgan fingerprint density at radius 1 is 0.971 bits per heavy atom. The summed E-state index contributed by atoms with van der Waals surface area (Å²) < 4.78 is 13.0. The molecule has 9 heteroatoms. The Morgan fingerprint density at radius 3 is 2.23 bits per heavy atom. The molecule has 0 radical (unpaired) electrons. The Hall–Kier alpha value is -2.65. The van der Waals surface area contributed by atoms with Crippen molar-refractivity contribution >= 4 is 11.6 Å². The smallest absolute Gasteiger partial charge is 0.122 e. The monoisotopic (exact) mass is 503 g/mol. The van der Waals surface area contributed by atoms with Gasteiger partial charge in [-0.2, -0.15) is 0 Å². The minimum absolute atomic E-state index is 0.107. The number of aryl methyl sites for hydroxylation is 1. The first-order valence-corrected chi connectivity index (χ1v) is 12.1. The lowest BCUT2D eigenvalue weighted by molar-refractivity contribution is 0.0882. The van der Waals surface area contributed by atoms with E-state index in [1.54, 1.807) is 11.6 Å². The molecule has 190 valence electrons. The molecule has 0 saturated carbocycles. The second kappa shape index (κ2) is 11.9. The van der Waals surface area contributed by atoms with Crippen molar-refractivity contribution in [2.75, 3.05) is 19.1 Å². The maximum atomic E-state index is 10.3. The first kappa shape index (κ1) is 26.9. The van der Waals surface area contributed by atoms with Crippen LogP contribution < -0.4 is 9.47 Å². The van der Waals surface area contributed by atoms with Gasteiger partial charge in [0.25, 0.3) is 0 Å². The predicted molar refractivity (Wildman–Crippen MR) is 134 cm³/mol. The molecule has 0 amide bonds. The normalized spacial score (nSPS) is 13.5. The van der Waals surface area contributed by atoms with Crippen molar-refractivity contribution in [2.24, 2.45) is 0 Å². The van der Waals surface area contributed by atoms with Crippen molar-refractivity contribution in [1.29, 1.82) is 0 Å². The van der Waals surface area contributed by atoms with Gasteiger partial charge in [0.15, 0.2) is 0 Å². The van der Waals surface area contributed by atoms with Gasteiger partial charge in [-0.15, -0.1) is 16.7 Å². The van der Waals surface area contributed by atoms with E-state index in [4.69, 9.17) is 21.1 Å².